The van der Waals surface area contributed by atoms with Gasteiger partial charge in [0.05, 0.1) is 10.5 Å². The van der Waals surface area contributed by atoms with Crippen LogP contribution in [0.15, 0.2) is 16.7 Å². The Morgan fingerprint density at radius 3 is 2.46 bits per heavy atom. The van der Waals surface area contributed by atoms with E-state index in [1.165, 1.54) is 6.92 Å². The lowest BCUT2D eigenvalue weighted by molar-refractivity contribution is -0.609. The van der Waals surface area contributed by atoms with Crippen molar-refractivity contribution in [1.29, 1.82) is 0 Å². The topological polar surface area (TPSA) is 246 Å². The summed E-state index contributed by atoms with van der Waals surface area (Å²) in [5, 5.41) is 77.1. The van der Waals surface area contributed by atoms with Crippen molar-refractivity contribution >= 4 is 34.9 Å². The molecule has 0 amide bonds. The summed E-state index contributed by atoms with van der Waals surface area (Å²) >= 11 is 12.4. The van der Waals surface area contributed by atoms with Crippen molar-refractivity contribution in [3.8, 4) is 34.3 Å². The summed E-state index contributed by atoms with van der Waals surface area (Å²) < 4.78 is 15.8. The number of pyridine rings is 1. The molecule has 0 bridgehead atoms. The molecule has 1 aliphatic heterocycles. The van der Waals surface area contributed by atoms with E-state index in [1.807, 2.05) is 0 Å². The molecule has 16 nitrogen and oxygen atoms in total. The predicted octanol–water partition coefficient (Wildman–Crippen LogP) is 0.845. The molecule has 18 heteroatoms. The lowest BCUT2D eigenvalue weighted by atomic mass is 9.99. The number of ether oxygens (including phenoxy) is 2. The van der Waals surface area contributed by atoms with E-state index in [0.29, 0.717) is 10.3 Å². The highest BCUT2D eigenvalue weighted by molar-refractivity contribution is 6.34. The SMILES string of the molecule is Cc1c(Cl)c(C)[n+]([O-])c(Cl)c1-c1noc(-c2cc(O[C@@H]3O[C@H](C(=O)O)[C@@H](O)[C@H](O)[C@H]3O)c(O)c([N+](=O)[O-])c2)n1. The normalized spacial score (nSPS) is 23.0. The van der Waals surface area contributed by atoms with Crippen molar-refractivity contribution in [3.05, 3.63) is 48.9 Å². The number of halogens is 2. The van der Waals surface area contributed by atoms with Gasteiger partial charge in [0.25, 0.3) is 11.0 Å². The Morgan fingerprint density at radius 1 is 1.18 bits per heavy atom. The van der Waals surface area contributed by atoms with Crippen LogP contribution in [-0.4, -0.2) is 77.3 Å². The van der Waals surface area contributed by atoms with Crippen LogP contribution in [0.1, 0.15) is 11.3 Å². The van der Waals surface area contributed by atoms with Crippen molar-refractivity contribution < 1.29 is 54.0 Å². The summed E-state index contributed by atoms with van der Waals surface area (Å²) in [4.78, 5) is 26.1. The molecule has 1 saturated heterocycles. The number of rotatable bonds is 6. The van der Waals surface area contributed by atoms with E-state index < -0.39 is 58.8 Å². The number of carbonyl (C=O) groups is 1. The largest absolute Gasteiger partial charge is 0.617 e. The van der Waals surface area contributed by atoms with Gasteiger partial charge < -0.3 is 44.7 Å². The number of phenols is 1. The number of hydrogen-bond donors (Lipinski definition) is 5. The first-order valence-electron chi connectivity index (χ1n) is 10.8. The van der Waals surface area contributed by atoms with Crippen LogP contribution in [0.4, 0.5) is 5.69 Å². The van der Waals surface area contributed by atoms with Crippen LogP contribution in [0, 0.1) is 29.2 Å². The van der Waals surface area contributed by atoms with Crippen LogP contribution in [-0.2, 0) is 9.53 Å². The highest BCUT2D eigenvalue weighted by Gasteiger charge is 2.48. The van der Waals surface area contributed by atoms with Gasteiger partial charge in [0.2, 0.25) is 23.6 Å². The number of nitro benzene ring substituents is 1. The number of carboxylic acid groups (broad SMARTS) is 1. The lowest BCUT2D eigenvalue weighted by Crippen LogP contribution is -2.61. The van der Waals surface area contributed by atoms with Gasteiger partial charge in [0, 0.05) is 13.0 Å². The maximum atomic E-state index is 12.3. The first-order chi connectivity index (χ1) is 18.2. The quantitative estimate of drug-likeness (QED) is 0.0880. The number of aliphatic hydroxyl groups is 3. The highest BCUT2D eigenvalue weighted by atomic mass is 35.5. The van der Waals surface area contributed by atoms with Gasteiger partial charge >= 0.3 is 11.7 Å². The standard InChI is InChI=1S/C21H18Cl2N4O12/c1-5-10(17(23)26(34)6(2)11(5)22)18-24-19(39-25-18)7-3-8(27(35)36)12(28)9(4-7)37-21-15(31)13(29)14(30)16(38-21)20(32)33/h3-4,13-16,21,28-31H,1-2H3,(H,32,33)/t13-,14-,15+,16-,21+/m0/s1. The monoisotopic (exact) mass is 588 g/mol. The minimum atomic E-state index is -2.04. The summed E-state index contributed by atoms with van der Waals surface area (Å²) in [5.74, 6) is -4.03. The van der Waals surface area contributed by atoms with E-state index in [9.17, 15) is 45.6 Å². The highest BCUT2D eigenvalue weighted by Crippen LogP contribution is 2.42. The van der Waals surface area contributed by atoms with Gasteiger partial charge in [-0.25, -0.2) is 4.79 Å². The second-order valence-corrected chi connectivity index (χ2v) is 9.10. The van der Waals surface area contributed by atoms with Gasteiger partial charge in [-0.2, -0.15) is 9.71 Å². The molecule has 0 aliphatic carbocycles. The van der Waals surface area contributed by atoms with Crippen molar-refractivity contribution in [3.63, 3.8) is 0 Å². The third-order valence-electron chi connectivity index (χ3n) is 5.92. The number of carboxylic acids is 1. The summed E-state index contributed by atoms with van der Waals surface area (Å²) in [7, 11) is 0. The van der Waals surface area contributed by atoms with Gasteiger partial charge in [-0.05, 0) is 30.2 Å². The fourth-order valence-electron chi connectivity index (χ4n) is 3.80. The van der Waals surface area contributed by atoms with E-state index >= 15 is 0 Å². The first kappa shape index (κ1) is 28.2. The Hall–Kier alpha value is -3.80. The molecule has 0 unspecified atom stereocenters. The van der Waals surface area contributed by atoms with E-state index in [4.69, 9.17) is 37.2 Å². The summed E-state index contributed by atoms with van der Waals surface area (Å²) in [5.41, 5.74) is -0.634. The van der Waals surface area contributed by atoms with Gasteiger partial charge in [-0.3, -0.25) is 10.1 Å². The lowest BCUT2D eigenvalue weighted by Gasteiger charge is -2.38. The number of aliphatic hydroxyl groups excluding tert-OH is 3. The molecule has 5 N–H and O–H groups in total. The third-order valence-corrected chi connectivity index (χ3v) is 6.81. The summed E-state index contributed by atoms with van der Waals surface area (Å²) in [6.07, 6.45) is -10.1. The van der Waals surface area contributed by atoms with Gasteiger partial charge in [0.15, 0.2) is 11.9 Å². The Kier molecular flexibility index (Phi) is 7.53. The van der Waals surface area contributed by atoms with Crippen molar-refractivity contribution in [2.75, 3.05) is 0 Å². The van der Waals surface area contributed by atoms with E-state index in [1.54, 1.807) is 6.92 Å². The molecule has 1 fully saturated rings. The number of phenolic OH excluding ortho intramolecular Hbond substituents is 1. The Bertz CT molecular complexity index is 1450. The molecule has 3 heterocycles. The molecule has 4 rings (SSSR count). The van der Waals surface area contributed by atoms with Crippen LogP contribution in [0.5, 0.6) is 11.5 Å². The van der Waals surface area contributed by atoms with Crippen LogP contribution in [0.3, 0.4) is 0 Å². The number of aromatic nitrogens is 3. The maximum Gasteiger partial charge on any atom is 0.335 e. The molecule has 39 heavy (non-hydrogen) atoms. The van der Waals surface area contributed by atoms with Crippen molar-refractivity contribution in [1.82, 2.24) is 10.1 Å². The second kappa shape index (κ2) is 10.4. The van der Waals surface area contributed by atoms with E-state index in [2.05, 4.69) is 10.1 Å². The second-order valence-electron chi connectivity index (χ2n) is 8.36. The third kappa shape index (κ3) is 4.88. The molecule has 2 aromatic heterocycles. The predicted molar refractivity (Wildman–Crippen MR) is 127 cm³/mol. The number of aliphatic carboxylic acids is 1. The zero-order valence-electron chi connectivity index (χ0n) is 19.7. The van der Waals surface area contributed by atoms with Crippen LogP contribution >= 0.6 is 23.2 Å². The fourth-order valence-corrected chi connectivity index (χ4v) is 4.32. The molecular weight excluding hydrogens is 571 g/mol. The number of aromatic hydroxyl groups is 1. The molecule has 0 spiro atoms. The van der Waals surface area contributed by atoms with Gasteiger partial charge in [0.1, 0.15) is 28.9 Å². The Balaban J connectivity index is 1.77. The first-order valence-corrected chi connectivity index (χ1v) is 11.5. The molecule has 3 aromatic rings. The van der Waals surface area contributed by atoms with Crippen LogP contribution in [0.2, 0.25) is 10.2 Å². The number of nitro groups is 1. The Labute approximate surface area is 226 Å². The van der Waals surface area contributed by atoms with E-state index in [-0.39, 0.29) is 38.7 Å². The summed E-state index contributed by atoms with van der Waals surface area (Å²) in [6, 6.07) is 1.81. The molecule has 0 saturated carbocycles. The number of hydrogen-bond acceptors (Lipinski definition) is 13. The molecule has 0 radical (unpaired) electrons. The summed E-state index contributed by atoms with van der Waals surface area (Å²) in [6.45, 7) is 3.00. The maximum absolute atomic E-state index is 12.3. The minimum Gasteiger partial charge on any atom is -0.617 e. The number of benzene rings is 1. The molecule has 208 valence electrons. The molecule has 5 atom stereocenters. The van der Waals surface area contributed by atoms with Crippen molar-refractivity contribution in [2.45, 2.75) is 44.6 Å². The molecule has 1 aliphatic rings. The van der Waals surface area contributed by atoms with Crippen molar-refractivity contribution in [2.24, 2.45) is 0 Å². The van der Waals surface area contributed by atoms with E-state index in [0.717, 1.165) is 12.1 Å². The van der Waals surface area contributed by atoms with Gasteiger partial charge in [-0.1, -0.05) is 16.8 Å². The number of nitrogens with zero attached hydrogens (tertiary/aromatic N) is 4. The average Bonchev–Trinajstić information content (AvgIpc) is 3.37. The molecule has 1 aromatic carbocycles. The van der Waals surface area contributed by atoms with Crippen LogP contribution < -0.4 is 9.47 Å². The zero-order valence-corrected chi connectivity index (χ0v) is 21.2. The van der Waals surface area contributed by atoms with Gasteiger partial charge in [-0.15, -0.1) is 0 Å². The Morgan fingerprint density at radius 2 is 1.85 bits per heavy atom. The fraction of sp³-hybridized carbons (Fsp3) is 0.333. The van der Waals surface area contributed by atoms with Crippen LogP contribution in [0.25, 0.3) is 22.8 Å². The molecular formula is C21H18Cl2N4O12. The smallest absolute Gasteiger partial charge is 0.335 e. The average molecular weight is 589 g/mol. The zero-order chi connectivity index (χ0) is 28.9. The minimum absolute atomic E-state index is 0.0213.